The molecule has 0 bridgehead atoms. The molecular formula is C38H58O12. The Labute approximate surface area is 297 Å². The van der Waals surface area contributed by atoms with Crippen molar-refractivity contribution in [3.05, 3.63) is 48.6 Å². The smallest absolute Gasteiger partial charge is 0.333 e. The second-order valence-corrected chi connectivity index (χ2v) is 13.7. The zero-order valence-corrected chi connectivity index (χ0v) is 31.0. The molecule has 0 aliphatic heterocycles. The predicted molar refractivity (Wildman–Crippen MR) is 187 cm³/mol. The van der Waals surface area contributed by atoms with Gasteiger partial charge in [0.05, 0.1) is 10.8 Å². The van der Waals surface area contributed by atoms with E-state index in [0.29, 0.717) is 12.8 Å². The Bertz CT molecular complexity index is 1070. The number of esters is 6. The number of rotatable bonds is 27. The van der Waals surface area contributed by atoms with Crippen molar-refractivity contribution in [2.75, 3.05) is 39.6 Å². The molecule has 0 aromatic heterocycles. The normalized spacial score (nSPS) is 11.1. The van der Waals surface area contributed by atoms with Crippen molar-refractivity contribution in [2.24, 2.45) is 10.8 Å². The monoisotopic (exact) mass is 706 g/mol. The van der Waals surface area contributed by atoms with Crippen LogP contribution < -0.4 is 0 Å². The minimum Gasteiger partial charge on any atom is -0.465 e. The van der Waals surface area contributed by atoms with Gasteiger partial charge in [-0.3, -0.25) is 9.59 Å². The van der Waals surface area contributed by atoms with E-state index in [1.165, 1.54) is 27.7 Å². The van der Waals surface area contributed by atoms with Crippen LogP contribution in [0.25, 0.3) is 0 Å². The standard InChI is InChI=1S/C38H58O12/c1-27(2)33(41)47-23-37(9,24-48-34(42)28(3)4)21-45-31(39)19-17-15-13-11-12-14-16-18-20-32(40)46-22-38(10,25-49-35(43)29(5)6)26-50-36(44)30(7)8/h1,3,5,7,11-26H2,2,4,6,8-10H3. The van der Waals surface area contributed by atoms with Crippen LogP contribution in [-0.4, -0.2) is 75.5 Å². The fourth-order valence-corrected chi connectivity index (χ4v) is 3.96. The van der Waals surface area contributed by atoms with Gasteiger partial charge in [-0.15, -0.1) is 0 Å². The van der Waals surface area contributed by atoms with Crippen molar-refractivity contribution in [2.45, 2.75) is 106 Å². The van der Waals surface area contributed by atoms with Crippen molar-refractivity contribution >= 4 is 35.8 Å². The molecule has 0 aliphatic rings. The molecule has 0 aliphatic carbocycles. The van der Waals surface area contributed by atoms with E-state index < -0.39 is 34.7 Å². The van der Waals surface area contributed by atoms with Gasteiger partial charge in [-0.2, -0.15) is 0 Å². The van der Waals surface area contributed by atoms with E-state index in [9.17, 15) is 28.8 Å². The lowest BCUT2D eigenvalue weighted by molar-refractivity contribution is -0.160. The average molecular weight is 707 g/mol. The number of hydrogen-bond acceptors (Lipinski definition) is 12. The summed E-state index contributed by atoms with van der Waals surface area (Å²) in [6.45, 7) is 22.9. The van der Waals surface area contributed by atoms with Crippen molar-refractivity contribution < 1.29 is 57.2 Å². The van der Waals surface area contributed by atoms with Crippen LogP contribution in [0.15, 0.2) is 48.6 Å². The summed E-state index contributed by atoms with van der Waals surface area (Å²) in [6.07, 6.45) is 7.38. The minimum absolute atomic E-state index is 0.0958. The van der Waals surface area contributed by atoms with E-state index in [-0.39, 0.29) is 86.7 Å². The average Bonchev–Trinajstić information content (AvgIpc) is 3.06. The molecule has 0 aromatic carbocycles. The second-order valence-electron chi connectivity index (χ2n) is 13.7. The van der Waals surface area contributed by atoms with Crippen LogP contribution >= 0.6 is 0 Å². The molecule has 12 nitrogen and oxygen atoms in total. The minimum atomic E-state index is -0.939. The van der Waals surface area contributed by atoms with Crippen molar-refractivity contribution in [1.82, 2.24) is 0 Å². The van der Waals surface area contributed by atoms with Gasteiger partial charge in [0.15, 0.2) is 0 Å². The highest BCUT2D eigenvalue weighted by molar-refractivity contribution is 5.88. The van der Waals surface area contributed by atoms with E-state index in [0.717, 1.165) is 38.5 Å². The Morgan fingerprint density at radius 2 is 0.580 bits per heavy atom. The third-order valence-electron chi connectivity index (χ3n) is 7.28. The molecule has 0 atom stereocenters. The maximum Gasteiger partial charge on any atom is 0.333 e. The van der Waals surface area contributed by atoms with Crippen LogP contribution in [0.1, 0.15) is 106 Å². The zero-order chi connectivity index (χ0) is 38.3. The van der Waals surface area contributed by atoms with E-state index in [2.05, 4.69) is 26.3 Å². The number of ether oxygens (including phenoxy) is 6. The fraction of sp³-hybridized carbons (Fsp3) is 0.632. The molecule has 0 radical (unpaired) electrons. The maximum absolute atomic E-state index is 12.4. The van der Waals surface area contributed by atoms with Gasteiger partial charge in [-0.05, 0) is 54.4 Å². The van der Waals surface area contributed by atoms with Gasteiger partial charge in [0, 0.05) is 35.1 Å². The molecule has 50 heavy (non-hydrogen) atoms. The lowest BCUT2D eigenvalue weighted by Gasteiger charge is -2.28. The highest BCUT2D eigenvalue weighted by Crippen LogP contribution is 2.22. The Balaban J connectivity index is 4.36. The molecule has 0 heterocycles. The van der Waals surface area contributed by atoms with Crippen molar-refractivity contribution in [3.63, 3.8) is 0 Å². The molecule has 0 spiro atoms. The molecular weight excluding hydrogens is 648 g/mol. The third-order valence-corrected chi connectivity index (χ3v) is 7.28. The lowest BCUT2D eigenvalue weighted by Crippen LogP contribution is -2.37. The van der Waals surface area contributed by atoms with Crippen LogP contribution in [0.3, 0.4) is 0 Å². The van der Waals surface area contributed by atoms with Crippen LogP contribution in [0.2, 0.25) is 0 Å². The van der Waals surface area contributed by atoms with Crippen LogP contribution in [-0.2, 0) is 57.2 Å². The van der Waals surface area contributed by atoms with Gasteiger partial charge in [0.1, 0.15) is 39.6 Å². The summed E-state index contributed by atoms with van der Waals surface area (Å²) in [4.78, 5) is 72.2. The fourth-order valence-electron chi connectivity index (χ4n) is 3.96. The topological polar surface area (TPSA) is 158 Å². The van der Waals surface area contributed by atoms with E-state index >= 15 is 0 Å². The predicted octanol–water partition coefficient (Wildman–Crippen LogP) is 6.46. The maximum atomic E-state index is 12.4. The molecule has 0 unspecified atom stereocenters. The summed E-state index contributed by atoms with van der Waals surface area (Å²) in [6, 6.07) is 0. The Hall–Kier alpha value is -4.22. The molecule has 0 amide bonds. The van der Waals surface area contributed by atoms with E-state index in [4.69, 9.17) is 28.4 Å². The van der Waals surface area contributed by atoms with E-state index in [1.54, 1.807) is 13.8 Å². The van der Waals surface area contributed by atoms with Gasteiger partial charge in [-0.25, -0.2) is 19.2 Å². The second kappa shape index (κ2) is 24.0. The SMILES string of the molecule is C=C(C)C(=O)OCC(C)(COC(=O)CCCCCCCCCCC(=O)OCC(C)(COC(=O)C(=C)C)COC(=O)C(=C)C)COC(=O)C(=C)C. The quantitative estimate of drug-likeness (QED) is 0.0398. The van der Waals surface area contributed by atoms with Gasteiger partial charge >= 0.3 is 35.8 Å². The first-order valence-corrected chi connectivity index (χ1v) is 16.9. The summed E-state index contributed by atoms with van der Waals surface area (Å²) >= 11 is 0. The van der Waals surface area contributed by atoms with Gasteiger partial charge in [0.25, 0.3) is 0 Å². The third kappa shape index (κ3) is 21.7. The molecule has 282 valence electrons. The van der Waals surface area contributed by atoms with E-state index in [1.807, 2.05) is 0 Å². The summed E-state index contributed by atoms with van der Waals surface area (Å²) in [7, 11) is 0. The number of hydrogen-bond donors (Lipinski definition) is 0. The van der Waals surface area contributed by atoms with Crippen LogP contribution in [0.5, 0.6) is 0 Å². The molecule has 0 rings (SSSR count). The Morgan fingerprint density at radius 3 is 0.800 bits per heavy atom. The molecule has 0 fully saturated rings. The van der Waals surface area contributed by atoms with Gasteiger partial charge in [-0.1, -0.05) is 64.8 Å². The van der Waals surface area contributed by atoms with Crippen LogP contribution in [0.4, 0.5) is 0 Å². The lowest BCUT2D eigenvalue weighted by atomic mass is 9.94. The first-order chi connectivity index (χ1) is 23.3. The Morgan fingerprint density at radius 1 is 0.380 bits per heavy atom. The van der Waals surface area contributed by atoms with Crippen LogP contribution in [0, 0.1) is 10.8 Å². The Kier molecular flexibility index (Phi) is 22.0. The summed E-state index contributed by atoms with van der Waals surface area (Å²) < 4.78 is 31.8. The molecule has 0 N–H and O–H groups in total. The summed E-state index contributed by atoms with van der Waals surface area (Å²) in [5.41, 5.74) is -0.979. The van der Waals surface area contributed by atoms with Gasteiger partial charge in [0.2, 0.25) is 0 Å². The van der Waals surface area contributed by atoms with Crippen molar-refractivity contribution in [3.8, 4) is 0 Å². The number of carbonyl (C=O) groups excluding carboxylic acids is 6. The summed E-state index contributed by atoms with van der Waals surface area (Å²) in [5.74, 6) is -3.13. The molecule has 12 heteroatoms. The zero-order valence-electron chi connectivity index (χ0n) is 31.0. The highest BCUT2D eigenvalue weighted by atomic mass is 16.6. The first kappa shape index (κ1) is 45.8. The van der Waals surface area contributed by atoms with Gasteiger partial charge < -0.3 is 28.4 Å². The molecule has 0 saturated carbocycles. The number of carbonyl (C=O) groups is 6. The first-order valence-electron chi connectivity index (χ1n) is 16.9. The van der Waals surface area contributed by atoms with Crippen molar-refractivity contribution in [1.29, 1.82) is 0 Å². The highest BCUT2D eigenvalue weighted by Gasteiger charge is 2.32. The largest absolute Gasteiger partial charge is 0.465 e. The summed E-state index contributed by atoms with van der Waals surface area (Å²) in [5, 5.41) is 0. The molecule has 0 aromatic rings. The number of unbranched alkanes of at least 4 members (excludes halogenated alkanes) is 7. The molecule has 0 saturated heterocycles.